The lowest BCUT2D eigenvalue weighted by molar-refractivity contribution is -0.148. The van der Waals surface area contributed by atoms with Crippen LogP contribution in [0, 0.1) is 11.8 Å². The third-order valence-corrected chi connectivity index (χ3v) is 3.84. The summed E-state index contributed by atoms with van der Waals surface area (Å²) in [5.74, 6) is 0.175. The summed E-state index contributed by atoms with van der Waals surface area (Å²) in [4.78, 5) is 11.8. The van der Waals surface area contributed by atoms with E-state index < -0.39 is 0 Å². The second-order valence-electron chi connectivity index (χ2n) is 5.40. The number of carbonyl (C=O) groups excluding carboxylic acids is 1. The average molecular weight is 268 g/mol. The molecule has 1 saturated carbocycles. The fourth-order valence-corrected chi connectivity index (χ4v) is 2.73. The summed E-state index contributed by atoms with van der Waals surface area (Å²) in [6, 6.07) is 0. The Morgan fingerprint density at radius 3 is 2.84 bits per heavy atom. The Kier molecular flexibility index (Phi) is 7.80. The Morgan fingerprint density at radius 2 is 2.16 bits per heavy atom. The average Bonchev–Trinajstić information content (AvgIpc) is 2.85. The number of aliphatic hydroxyl groups is 1. The molecule has 0 amide bonds. The van der Waals surface area contributed by atoms with Gasteiger partial charge in [0, 0.05) is 0 Å². The van der Waals surface area contributed by atoms with Crippen LogP contribution in [-0.4, -0.2) is 23.8 Å². The van der Waals surface area contributed by atoms with Gasteiger partial charge in [0.15, 0.2) is 0 Å². The monoisotopic (exact) mass is 268 g/mol. The van der Waals surface area contributed by atoms with Crippen molar-refractivity contribution in [2.75, 3.05) is 6.61 Å². The molecular formula is C16H28O3. The normalized spacial score (nSPS) is 24.8. The molecule has 0 bridgehead atoms. The van der Waals surface area contributed by atoms with E-state index in [1.807, 2.05) is 19.1 Å². The number of allylic oxidation sites excluding steroid dienone is 1. The molecule has 1 aliphatic carbocycles. The third-order valence-electron chi connectivity index (χ3n) is 3.84. The first kappa shape index (κ1) is 16.2. The number of hydrogen-bond donors (Lipinski definition) is 1. The van der Waals surface area contributed by atoms with Gasteiger partial charge >= 0.3 is 5.97 Å². The first-order valence-electron chi connectivity index (χ1n) is 7.72. The van der Waals surface area contributed by atoms with Crippen LogP contribution in [-0.2, 0) is 9.53 Å². The van der Waals surface area contributed by atoms with Crippen molar-refractivity contribution in [3.05, 3.63) is 12.2 Å². The van der Waals surface area contributed by atoms with Gasteiger partial charge in [-0.2, -0.15) is 0 Å². The van der Waals surface area contributed by atoms with E-state index in [9.17, 15) is 9.90 Å². The number of carbonyl (C=O) groups is 1. The van der Waals surface area contributed by atoms with E-state index in [-0.39, 0.29) is 23.9 Å². The van der Waals surface area contributed by atoms with Gasteiger partial charge in [0.05, 0.1) is 18.6 Å². The van der Waals surface area contributed by atoms with Crippen LogP contribution in [0.5, 0.6) is 0 Å². The van der Waals surface area contributed by atoms with Crippen LogP contribution in [0.15, 0.2) is 12.2 Å². The molecule has 3 heteroatoms. The van der Waals surface area contributed by atoms with Gasteiger partial charge in [-0.15, -0.1) is 0 Å². The van der Waals surface area contributed by atoms with Crippen LogP contribution < -0.4 is 0 Å². The maximum Gasteiger partial charge on any atom is 0.309 e. The third kappa shape index (κ3) is 5.77. The van der Waals surface area contributed by atoms with Gasteiger partial charge in [-0.3, -0.25) is 4.79 Å². The summed E-state index contributed by atoms with van der Waals surface area (Å²) in [5.41, 5.74) is 0. The van der Waals surface area contributed by atoms with Crippen LogP contribution in [0.3, 0.4) is 0 Å². The molecular weight excluding hydrogens is 240 g/mol. The van der Waals surface area contributed by atoms with Crippen molar-refractivity contribution in [3.63, 3.8) is 0 Å². The first-order valence-corrected chi connectivity index (χ1v) is 7.72. The van der Waals surface area contributed by atoms with Gasteiger partial charge in [0.2, 0.25) is 0 Å². The molecule has 3 nitrogen and oxygen atoms in total. The number of esters is 1. The Hall–Kier alpha value is -0.830. The standard InChI is InChI=1S/C16H28O3/c1-3-5-6-9-14(17)12-11-13-8-7-10-15(13)16(18)19-4-2/h11-15,17H,3-10H2,1-2H3/t13-,14+,15+/m0/s1. The summed E-state index contributed by atoms with van der Waals surface area (Å²) in [7, 11) is 0. The van der Waals surface area contributed by atoms with Crippen LogP contribution >= 0.6 is 0 Å². The van der Waals surface area contributed by atoms with E-state index >= 15 is 0 Å². The van der Waals surface area contributed by atoms with Gasteiger partial charge in [-0.05, 0) is 32.1 Å². The van der Waals surface area contributed by atoms with E-state index in [1.165, 1.54) is 12.8 Å². The Balaban J connectivity index is 2.39. The highest BCUT2D eigenvalue weighted by molar-refractivity contribution is 5.73. The van der Waals surface area contributed by atoms with E-state index in [0.29, 0.717) is 6.61 Å². The van der Waals surface area contributed by atoms with Crippen molar-refractivity contribution >= 4 is 5.97 Å². The zero-order valence-corrected chi connectivity index (χ0v) is 12.3. The lowest BCUT2D eigenvalue weighted by Gasteiger charge is -2.15. The molecule has 0 unspecified atom stereocenters. The van der Waals surface area contributed by atoms with Crippen molar-refractivity contribution in [3.8, 4) is 0 Å². The largest absolute Gasteiger partial charge is 0.466 e. The van der Waals surface area contributed by atoms with E-state index in [4.69, 9.17) is 4.74 Å². The number of aliphatic hydroxyl groups excluding tert-OH is 1. The highest BCUT2D eigenvalue weighted by Crippen LogP contribution is 2.33. The molecule has 19 heavy (non-hydrogen) atoms. The molecule has 0 aliphatic heterocycles. The molecule has 0 aromatic rings. The van der Waals surface area contributed by atoms with Crippen molar-refractivity contribution in [2.24, 2.45) is 11.8 Å². The Bertz CT molecular complexity index is 286. The van der Waals surface area contributed by atoms with Crippen molar-refractivity contribution in [1.82, 2.24) is 0 Å². The summed E-state index contributed by atoms with van der Waals surface area (Å²) in [6.45, 7) is 4.45. The summed E-state index contributed by atoms with van der Waals surface area (Å²) in [5, 5.41) is 9.86. The van der Waals surface area contributed by atoms with Gasteiger partial charge in [0.25, 0.3) is 0 Å². The zero-order valence-electron chi connectivity index (χ0n) is 12.3. The van der Waals surface area contributed by atoms with Gasteiger partial charge < -0.3 is 9.84 Å². The van der Waals surface area contributed by atoms with Crippen LogP contribution in [0.2, 0.25) is 0 Å². The highest BCUT2D eigenvalue weighted by atomic mass is 16.5. The van der Waals surface area contributed by atoms with Crippen molar-refractivity contribution in [1.29, 1.82) is 0 Å². The summed E-state index contributed by atoms with van der Waals surface area (Å²) < 4.78 is 5.11. The van der Waals surface area contributed by atoms with Crippen molar-refractivity contribution < 1.29 is 14.6 Å². The van der Waals surface area contributed by atoms with Crippen LogP contribution in [0.1, 0.15) is 58.8 Å². The quantitative estimate of drug-likeness (QED) is 0.416. The van der Waals surface area contributed by atoms with Gasteiger partial charge in [0.1, 0.15) is 0 Å². The Labute approximate surface area is 117 Å². The lowest BCUT2D eigenvalue weighted by Crippen LogP contribution is -2.20. The van der Waals surface area contributed by atoms with Gasteiger partial charge in [-0.25, -0.2) is 0 Å². The second-order valence-corrected chi connectivity index (χ2v) is 5.40. The van der Waals surface area contributed by atoms with E-state index in [2.05, 4.69) is 6.92 Å². The number of hydrogen-bond acceptors (Lipinski definition) is 3. The molecule has 0 heterocycles. The fraction of sp³-hybridized carbons (Fsp3) is 0.812. The fourth-order valence-electron chi connectivity index (χ4n) is 2.73. The lowest BCUT2D eigenvalue weighted by atomic mass is 9.95. The number of rotatable bonds is 8. The smallest absolute Gasteiger partial charge is 0.309 e. The zero-order chi connectivity index (χ0) is 14.1. The topological polar surface area (TPSA) is 46.5 Å². The number of ether oxygens (including phenoxy) is 1. The van der Waals surface area contributed by atoms with E-state index in [1.54, 1.807) is 0 Å². The predicted octanol–water partition coefficient (Wildman–Crippen LogP) is 3.46. The molecule has 1 N–H and O–H groups in total. The second kappa shape index (κ2) is 9.13. The molecule has 3 atom stereocenters. The molecule has 1 rings (SSSR count). The van der Waals surface area contributed by atoms with Crippen molar-refractivity contribution in [2.45, 2.75) is 64.9 Å². The molecule has 110 valence electrons. The summed E-state index contributed by atoms with van der Waals surface area (Å²) >= 11 is 0. The molecule has 0 saturated heterocycles. The predicted molar refractivity (Wildman–Crippen MR) is 76.8 cm³/mol. The van der Waals surface area contributed by atoms with Crippen LogP contribution in [0.25, 0.3) is 0 Å². The molecule has 0 aromatic carbocycles. The Morgan fingerprint density at radius 1 is 1.37 bits per heavy atom. The molecule has 0 radical (unpaired) electrons. The maximum absolute atomic E-state index is 11.8. The maximum atomic E-state index is 11.8. The summed E-state index contributed by atoms with van der Waals surface area (Å²) in [6.07, 6.45) is 10.8. The van der Waals surface area contributed by atoms with Crippen LogP contribution in [0.4, 0.5) is 0 Å². The molecule has 0 aromatic heterocycles. The molecule has 1 aliphatic rings. The number of unbranched alkanes of at least 4 members (excludes halogenated alkanes) is 2. The molecule has 1 fully saturated rings. The van der Waals surface area contributed by atoms with Gasteiger partial charge in [-0.1, -0.05) is 44.8 Å². The van der Waals surface area contributed by atoms with E-state index in [0.717, 1.165) is 32.1 Å². The SMILES string of the molecule is CCCCC[C@@H](O)C=C[C@@H]1CCC[C@H]1C(=O)OCC. The minimum atomic E-state index is -0.366. The minimum absolute atomic E-state index is 0.000887. The first-order chi connectivity index (χ1) is 9.19. The highest BCUT2D eigenvalue weighted by Gasteiger charge is 2.32. The molecule has 0 spiro atoms. The minimum Gasteiger partial charge on any atom is -0.466 e.